The van der Waals surface area contributed by atoms with Crippen molar-refractivity contribution in [3.8, 4) is 28.4 Å². The Labute approximate surface area is 258 Å². The summed E-state index contributed by atoms with van der Waals surface area (Å²) in [6.07, 6.45) is 9.24. The predicted octanol–water partition coefficient (Wildman–Crippen LogP) is 5.05. The zero-order chi connectivity index (χ0) is 29.7. The van der Waals surface area contributed by atoms with Crippen LogP contribution >= 0.6 is 36.7 Å². The Bertz CT molecular complexity index is 1600. The molecule has 3 aromatic heterocycles. The number of fused-ring (bicyclic) bond motifs is 2. The van der Waals surface area contributed by atoms with E-state index in [-0.39, 0.29) is 19.4 Å². The van der Waals surface area contributed by atoms with Gasteiger partial charge in [-0.25, -0.2) is 9.97 Å². The lowest BCUT2D eigenvalue weighted by Gasteiger charge is -2.46. The third-order valence-electron chi connectivity index (χ3n) is 7.45. The first-order valence-corrected chi connectivity index (χ1v) is 19.2. The monoisotopic (exact) mass is 678 g/mol. The van der Waals surface area contributed by atoms with Gasteiger partial charge in [0.25, 0.3) is 0 Å². The fourth-order valence-corrected chi connectivity index (χ4v) is 6.56. The maximum absolute atomic E-state index is 10.2. The molecule has 0 saturated carbocycles. The topological polar surface area (TPSA) is 101 Å². The molecule has 0 spiro atoms. The van der Waals surface area contributed by atoms with E-state index in [9.17, 15) is 5.11 Å². The van der Waals surface area contributed by atoms with Crippen molar-refractivity contribution in [2.24, 2.45) is 0 Å². The van der Waals surface area contributed by atoms with Gasteiger partial charge >= 0.3 is 6.01 Å². The lowest BCUT2D eigenvalue weighted by molar-refractivity contribution is 0.00343. The number of aromatic nitrogens is 4. The molecule has 2 fully saturated rings. The second-order valence-electron chi connectivity index (χ2n) is 13.0. The molecule has 0 amide bonds. The van der Waals surface area contributed by atoms with Crippen LogP contribution in [0.5, 0.6) is 6.01 Å². The number of ether oxygens (including phenoxy) is 4. The summed E-state index contributed by atoms with van der Waals surface area (Å²) in [6, 6.07) is 14.2. The second kappa shape index (κ2) is 11.4. The minimum atomic E-state index is -1.73. The Balaban J connectivity index is 1.32. The highest BCUT2D eigenvalue weighted by molar-refractivity contribution is 9.10. The van der Waals surface area contributed by atoms with E-state index in [4.69, 9.17) is 40.5 Å². The number of thiol groups is 1. The predicted molar refractivity (Wildman–Crippen MR) is 172 cm³/mol. The van der Waals surface area contributed by atoms with Crippen molar-refractivity contribution in [2.45, 2.75) is 31.1 Å². The molecule has 0 aliphatic carbocycles. The van der Waals surface area contributed by atoms with Crippen molar-refractivity contribution in [1.82, 2.24) is 19.5 Å². The first kappa shape index (κ1) is 29.8. The number of nitrogens with zero attached hydrogens (tertiary/aromatic N) is 4. The number of aliphatic hydroxyl groups excluding tert-OH is 1. The van der Waals surface area contributed by atoms with E-state index in [2.05, 4.69) is 45.9 Å². The molecular formula is C30H36BrClN4O5S. The van der Waals surface area contributed by atoms with Gasteiger partial charge in [0.2, 0.25) is 0 Å². The Kier molecular flexibility index (Phi) is 8.05. The molecule has 2 aliphatic rings. The standard InChI is InChI=1S/C30H36BrClN4O5S/c1-42(2,3,4)12-11-38-17-36-29-22(34-30(36)41-24-16-40-27-23(37)15-39-28(24)27)14-21(32)26(35-29)19-7-5-18(6-8-19)20-9-10-33-25(31)13-20/h5-10,13-14,23-24,27-28,37,42H,11-12,15-17H2,1-4H3/t23-,24-,27-,28-/m1/s1. The molecular weight excluding hydrogens is 644 g/mol. The van der Waals surface area contributed by atoms with Gasteiger partial charge in [0.15, 0.2) is 11.8 Å². The first-order valence-electron chi connectivity index (χ1n) is 13.9. The average Bonchev–Trinajstić information content (AvgIpc) is 3.60. The Morgan fingerprint density at radius 2 is 1.74 bits per heavy atom. The molecule has 9 nitrogen and oxygen atoms in total. The molecule has 226 valence electrons. The SMILES string of the molecule is C[SH](C)(C)(C)CCOCn1c(O[C@@H]2CO[C@H]3[C@@H]2OC[C@H]3O)nc2cc(Cl)c(-c3ccc(-c4ccnc(Br)c4)cc3)nc21. The number of halogens is 2. The van der Waals surface area contributed by atoms with Crippen molar-refractivity contribution in [3.63, 3.8) is 0 Å². The molecule has 42 heavy (non-hydrogen) atoms. The van der Waals surface area contributed by atoms with Crippen molar-refractivity contribution < 1.29 is 24.1 Å². The summed E-state index contributed by atoms with van der Waals surface area (Å²) in [5, 5.41) is 10.7. The van der Waals surface area contributed by atoms with Gasteiger partial charge in [-0.3, -0.25) is 13.7 Å². The van der Waals surface area contributed by atoms with Crippen molar-refractivity contribution in [1.29, 1.82) is 0 Å². The van der Waals surface area contributed by atoms with E-state index in [1.165, 1.54) is 0 Å². The van der Waals surface area contributed by atoms with Crippen molar-refractivity contribution in [2.75, 3.05) is 50.6 Å². The van der Waals surface area contributed by atoms with Gasteiger partial charge in [0.1, 0.15) is 35.2 Å². The van der Waals surface area contributed by atoms with E-state index in [1.54, 1.807) is 6.20 Å². The number of benzene rings is 1. The highest BCUT2D eigenvalue weighted by Crippen LogP contribution is 2.54. The van der Waals surface area contributed by atoms with Crippen LogP contribution in [-0.2, 0) is 20.9 Å². The van der Waals surface area contributed by atoms with Crippen LogP contribution in [0.4, 0.5) is 0 Å². The quantitative estimate of drug-likeness (QED) is 0.144. The molecule has 2 aliphatic heterocycles. The van der Waals surface area contributed by atoms with Crippen molar-refractivity contribution in [3.05, 3.63) is 58.3 Å². The summed E-state index contributed by atoms with van der Waals surface area (Å²) in [5.41, 5.74) is 4.83. The summed E-state index contributed by atoms with van der Waals surface area (Å²) in [7, 11) is -1.73. The van der Waals surface area contributed by atoms with E-state index in [1.807, 2.05) is 47.0 Å². The Morgan fingerprint density at radius 3 is 2.48 bits per heavy atom. The normalized spacial score (nSPS) is 23.2. The molecule has 0 unspecified atom stereocenters. The van der Waals surface area contributed by atoms with Crippen LogP contribution < -0.4 is 4.74 Å². The fourth-order valence-electron chi connectivity index (χ4n) is 5.08. The molecule has 0 radical (unpaired) electrons. The largest absolute Gasteiger partial charge is 0.456 e. The number of hydrogen-bond donors (Lipinski definition) is 2. The number of hydrogen-bond acceptors (Lipinski definition) is 8. The second-order valence-corrected chi connectivity index (χ2v) is 22.5. The minimum Gasteiger partial charge on any atom is -0.456 e. The summed E-state index contributed by atoms with van der Waals surface area (Å²) < 4.78 is 26.7. The zero-order valence-electron chi connectivity index (χ0n) is 24.0. The molecule has 4 atom stereocenters. The molecule has 4 aromatic rings. The summed E-state index contributed by atoms with van der Waals surface area (Å²) in [6.45, 7) is 1.34. The molecule has 1 N–H and O–H groups in total. The van der Waals surface area contributed by atoms with Crippen LogP contribution in [0.1, 0.15) is 0 Å². The van der Waals surface area contributed by atoms with E-state index in [0.29, 0.717) is 41.1 Å². The van der Waals surface area contributed by atoms with Gasteiger partial charge in [0, 0.05) is 11.8 Å². The molecule has 1 aromatic carbocycles. The van der Waals surface area contributed by atoms with Gasteiger partial charge in [-0.05, 0) is 76.0 Å². The van der Waals surface area contributed by atoms with Gasteiger partial charge in [0.05, 0.1) is 30.5 Å². The third-order valence-corrected chi connectivity index (χ3v) is 10.1. The molecule has 12 heteroatoms. The highest BCUT2D eigenvalue weighted by Gasteiger charge is 2.49. The van der Waals surface area contributed by atoms with Gasteiger partial charge < -0.3 is 24.1 Å². The van der Waals surface area contributed by atoms with Crippen LogP contribution in [0, 0.1) is 0 Å². The van der Waals surface area contributed by atoms with Crippen LogP contribution in [0.15, 0.2) is 53.3 Å². The lowest BCUT2D eigenvalue weighted by atomic mass is 10.0. The maximum Gasteiger partial charge on any atom is 0.301 e. The number of imidazole rings is 1. The van der Waals surface area contributed by atoms with E-state index < -0.39 is 27.5 Å². The summed E-state index contributed by atoms with van der Waals surface area (Å²) in [4.78, 5) is 13.9. The van der Waals surface area contributed by atoms with Gasteiger partial charge in [-0.15, -0.1) is 0 Å². The smallest absolute Gasteiger partial charge is 0.301 e. The molecule has 0 bridgehead atoms. The van der Waals surface area contributed by atoms with Gasteiger partial charge in [-0.2, -0.15) is 4.98 Å². The van der Waals surface area contributed by atoms with Crippen molar-refractivity contribution >= 4 is 47.9 Å². The van der Waals surface area contributed by atoms with E-state index in [0.717, 1.165) is 27.0 Å². The maximum atomic E-state index is 10.2. The molecule has 5 heterocycles. The third kappa shape index (κ3) is 6.47. The zero-order valence-corrected chi connectivity index (χ0v) is 27.3. The van der Waals surface area contributed by atoms with Crippen LogP contribution in [0.2, 0.25) is 5.02 Å². The molecule has 6 rings (SSSR count). The Hall–Kier alpha value is -2.25. The minimum absolute atomic E-state index is 0.216. The van der Waals surface area contributed by atoms with Crippen LogP contribution in [0.25, 0.3) is 33.5 Å². The summed E-state index contributed by atoms with van der Waals surface area (Å²) in [5.74, 6) is 0.991. The highest BCUT2D eigenvalue weighted by atomic mass is 79.9. The Morgan fingerprint density at radius 1 is 1.00 bits per heavy atom. The summed E-state index contributed by atoms with van der Waals surface area (Å²) >= 11 is 10.2. The number of aliphatic hydroxyl groups is 1. The molecule has 2 saturated heterocycles. The van der Waals surface area contributed by atoms with E-state index >= 15 is 0 Å². The van der Waals surface area contributed by atoms with Gasteiger partial charge in [-0.1, -0.05) is 35.9 Å². The van der Waals surface area contributed by atoms with Crippen LogP contribution in [-0.4, -0.2) is 99.6 Å². The fraction of sp³-hybridized carbons (Fsp3) is 0.433. The number of pyridine rings is 2. The average molecular weight is 680 g/mol. The first-order chi connectivity index (χ1) is 19.9. The number of rotatable bonds is 9. The van der Waals surface area contributed by atoms with Crippen LogP contribution in [0.3, 0.4) is 0 Å². The lowest BCUT2D eigenvalue weighted by Crippen LogP contribution is -2.35.